The van der Waals surface area contributed by atoms with Crippen LogP contribution in [-0.4, -0.2) is 33.8 Å². The third-order valence-electron chi connectivity index (χ3n) is 3.00. The first-order valence-corrected chi connectivity index (χ1v) is 6.49. The Kier molecular flexibility index (Phi) is 4.52. The van der Waals surface area contributed by atoms with Crippen LogP contribution in [-0.2, 0) is 11.3 Å². The fraction of sp³-hybridized carbons (Fsp3) is 0.429. The highest BCUT2D eigenvalue weighted by molar-refractivity contribution is 6.00. The number of unbranched alkanes of at least 4 members (excludes halogenated alkanes) is 1. The molecule has 0 fully saturated rings. The van der Waals surface area contributed by atoms with E-state index in [-0.39, 0.29) is 5.56 Å². The molecule has 5 nitrogen and oxygen atoms in total. The van der Waals surface area contributed by atoms with E-state index in [0.717, 1.165) is 25.0 Å². The van der Waals surface area contributed by atoms with Crippen molar-refractivity contribution in [2.45, 2.75) is 26.3 Å². The van der Waals surface area contributed by atoms with Gasteiger partial charge in [-0.25, -0.2) is 9.78 Å². The highest BCUT2D eigenvalue weighted by Crippen LogP contribution is 2.17. The van der Waals surface area contributed by atoms with E-state index in [2.05, 4.69) is 11.9 Å². The fourth-order valence-electron chi connectivity index (χ4n) is 1.95. The van der Waals surface area contributed by atoms with Gasteiger partial charge in [-0.05, 0) is 18.6 Å². The summed E-state index contributed by atoms with van der Waals surface area (Å²) in [5.74, 6) is -0.949. The van der Waals surface area contributed by atoms with Crippen molar-refractivity contribution in [3.8, 4) is 0 Å². The number of aromatic carboxylic acids is 1. The molecule has 0 spiro atoms. The first kappa shape index (κ1) is 13.5. The lowest BCUT2D eigenvalue weighted by atomic mass is 10.2. The van der Waals surface area contributed by atoms with Crippen LogP contribution in [0.4, 0.5) is 0 Å². The number of aromatic nitrogens is 2. The molecule has 0 atom stereocenters. The van der Waals surface area contributed by atoms with Gasteiger partial charge in [-0.1, -0.05) is 19.4 Å². The second kappa shape index (κ2) is 6.33. The number of hydrogen-bond acceptors (Lipinski definition) is 3. The van der Waals surface area contributed by atoms with E-state index in [0.29, 0.717) is 18.7 Å². The Balaban J connectivity index is 2.08. The average molecular weight is 262 g/mol. The normalized spacial score (nSPS) is 11.0. The molecule has 2 rings (SSSR count). The predicted molar refractivity (Wildman–Crippen MR) is 72.4 cm³/mol. The Morgan fingerprint density at radius 1 is 1.42 bits per heavy atom. The first-order valence-electron chi connectivity index (χ1n) is 6.49. The summed E-state index contributed by atoms with van der Waals surface area (Å²) in [6.45, 7) is 4.19. The molecule has 0 aliphatic carbocycles. The van der Waals surface area contributed by atoms with Crippen molar-refractivity contribution >= 4 is 17.0 Å². The van der Waals surface area contributed by atoms with Gasteiger partial charge in [0.2, 0.25) is 0 Å². The van der Waals surface area contributed by atoms with E-state index in [4.69, 9.17) is 9.84 Å². The van der Waals surface area contributed by atoms with Gasteiger partial charge in [0.25, 0.3) is 0 Å². The van der Waals surface area contributed by atoms with E-state index in [1.54, 1.807) is 18.5 Å². The lowest BCUT2D eigenvalue weighted by molar-refractivity contribution is 0.0699. The zero-order valence-electron chi connectivity index (χ0n) is 11.0. The Hall–Kier alpha value is -1.88. The van der Waals surface area contributed by atoms with Crippen molar-refractivity contribution in [1.29, 1.82) is 0 Å². The quantitative estimate of drug-likeness (QED) is 0.779. The number of rotatable bonds is 7. The van der Waals surface area contributed by atoms with Crippen LogP contribution in [0.2, 0.25) is 0 Å². The van der Waals surface area contributed by atoms with E-state index in [1.807, 2.05) is 10.6 Å². The number of carbonyl (C=O) groups is 1. The van der Waals surface area contributed by atoms with E-state index >= 15 is 0 Å². The largest absolute Gasteiger partial charge is 0.478 e. The molecule has 19 heavy (non-hydrogen) atoms. The van der Waals surface area contributed by atoms with Crippen LogP contribution in [0.1, 0.15) is 30.1 Å². The van der Waals surface area contributed by atoms with Gasteiger partial charge < -0.3 is 14.4 Å². The molecule has 0 saturated heterocycles. The molecule has 2 aromatic rings. The Morgan fingerprint density at radius 3 is 3.00 bits per heavy atom. The van der Waals surface area contributed by atoms with Crippen molar-refractivity contribution < 1.29 is 14.6 Å². The van der Waals surface area contributed by atoms with Crippen LogP contribution in [0.15, 0.2) is 24.5 Å². The van der Waals surface area contributed by atoms with E-state index in [9.17, 15) is 4.79 Å². The molecule has 0 aliphatic rings. The lowest BCUT2D eigenvalue weighted by Gasteiger charge is -2.05. The number of imidazole rings is 1. The minimum Gasteiger partial charge on any atom is -0.478 e. The third-order valence-corrected chi connectivity index (χ3v) is 3.00. The van der Waals surface area contributed by atoms with Gasteiger partial charge in [0.05, 0.1) is 24.0 Å². The van der Waals surface area contributed by atoms with Gasteiger partial charge in [0.1, 0.15) is 5.52 Å². The number of carboxylic acid groups (broad SMARTS) is 1. The minimum absolute atomic E-state index is 0.239. The molecular weight excluding hydrogens is 244 g/mol. The van der Waals surface area contributed by atoms with Crippen LogP contribution in [0, 0.1) is 0 Å². The molecule has 0 bridgehead atoms. The minimum atomic E-state index is -0.949. The molecule has 1 heterocycles. The van der Waals surface area contributed by atoms with Crippen molar-refractivity contribution in [2.75, 3.05) is 13.2 Å². The van der Waals surface area contributed by atoms with Crippen molar-refractivity contribution in [1.82, 2.24) is 9.55 Å². The SMILES string of the molecule is CCCCOCCn1cnc2c(C(=O)O)cccc21. The highest BCUT2D eigenvalue weighted by atomic mass is 16.5. The smallest absolute Gasteiger partial charge is 0.337 e. The van der Waals surface area contributed by atoms with Crippen LogP contribution in [0.5, 0.6) is 0 Å². The summed E-state index contributed by atoms with van der Waals surface area (Å²) < 4.78 is 7.43. The molecule has 0 radical (unpaired) electrons. The summed E-state index contributed by atoms with van der Waals surface area (Å²) in [4.78, 5) is 15.3. The first-order chi connectivity index (χ1) is 9.24. The van der Waals surface area contributed by atoms with Crippen LogP contribution < -0.4 is 0 Å². The Morgan fingerprint density at radius 2 is 2.26 bits per heavy atom. The van der Waals surface area contributed by atoms with Gasteiger partial charge in [0, 0.05) is 13.2 Å². The number of carboxylic acids is 1. The number of ether oxygens (including phenoxy) is 1. The lowest BCUT2D eigenvalue weighted by Crippen LogP contribution is -2.06. The molecule has 5 heteroatoms. The van der Waals surface area contributed by atoms with Crippen LogP contribution in [0.3, 0.4) is 0 Å². The van der Waals surface area contributed by atoms with Gasteiger partial charge in [0.15, 0.2) is 0 Å². The van der Waals surface area contributed by atoms with Gasteiger partial charge in [-0.2, -0.15) is 0 Å². The molecular formula is C14H18N2O3. The summed E-state index contributed by atoms with van der Waals surface area (Å²) in [5.41, 5.74) is 1.60. The molecule has 1 N–H and O–H groups in total. The van der Waals surface area contributed by atoms with Gasteiger partial charge >= 0.3 is 5.97 Å². The standard InChI is InChI=1S/C14H18N2O3/c1-2-3-8-19-9-7-16-10-15-13-11(14(17)18)5-4-6-12(13)16/h4-6,10H,2-3,7-9H2,1H3,(H,17,18). The summed E-state index contributed by atoms with van der Waals surface area (Å²) in [5, 5.41) is 9.09. The second-order valence-corrected chi connectivity index (χ2v) is 4.38. The summed E-state index contributed by atoms with van der Waals surface area (Å²) in [6.07, 6.45) is 3.85. The Labute approximate surface area is 111 Å². The molecule has 0 aliphatic heterocycles. The van der Waals surface area contributed by atoms with E-state index < -0.39 is 5.97 Å². The predicted octanol–water partition coefficient (Wildman–Crippen LogP) is 2.55. The van der Waals surface area contributed by atoms with Crippen molar-refractivity contribution in [3.05, 3.63) is 30.1 Å². The van der Waals surface area contributed by atoms with Crippen molar-refractivity contribution in [2.24, 2.45) is 0 Å². The topological polar surface area (TPSA) is 64.4 Å². The summed E-state index contributed by atoms with van der Waals surface area (Å²) in [6, 6.07) is 5.18. The average Bonchev–Trinajstić information content (AvgIpc) is 2.81. The number of hydrogen-bond donors (Lipinski definition) is 1. The molecule has 0 unspecified atom stereocenters. The zero-order chi connectivity index (χ0) is 13.7. The maximum Gasteiger partial charge on any atom is 0.337 e. The number of nitrogens with zero attached hydrogens (tertiary/aromatic N) is 2. The van der Waals surface area contributed by atoms with Crippen molar-refractivity contribution in [3.63, 3.8) is 0 Å². The Bertz CT molecular complexity index is 563. The van der Waals surface area contributed by atoms with Gasteiger partial charge in [-0.15, -0.1) is 0 Å². The van der Waals surface area contributed by atoms with Gasteiger partial charge in [-0.3, -0.25) is 0 Å². The molecule has 0 saturated carbocycles. The molecule has 1 aromatic carbocycles. The zero-order valence-corrected chi connectivity index (χ0v) is 11.0. The fourth-order valence-corrected chi connectivity index (χ4v) is 1.95. The number of fused-ring (bicyclic) bond motifs is 1. The third kappa shape index (κ3) is 3.12. The highest BCUT2D eigenvalue weighted by Gasteiger charge is 2.11. The van der Waals surface area contributed by atoms with E-state index in [1.165, 1.54) is 0 Å². The maximum absolute atomic E-state index is 11.1. The molecule has 1 aromatic heterocycles. The number of para-hydroxylation sites is 1. The molecule has 102 valence electrons. The molecule has 0 amide bonds. The maximum atomic E-state index is 11.1. The number of benzene rings is 1. The second-order valence-electron chi connectivity index (χ2n) is 4.38. The van der Waals surface area contributed by atoms with Crippen LogP contribution >= 0.6 is 0 Å². The summed E-state index contributed by atoms with van der Waals surface area (Å²) in [7, 11) is 0. The summed E-state index contributed by atoms with van der Waals surface area (Å²) >= 11 is 0. The monoisotopic (exact) mass is 262 g/mol. The van der Waals surface area contributed by atoms with Crippen LogP contribution in [0.25, 0.3) is 11.0 Å².